The van der Waals surface area contributed by atoms with Gasteiger partial charge in [0.1, 0.15) is 5.60 Å². The minimum Gasteiger partial charge on any atom is -0.443 e. The van der Waals surface area contributed by atoms with Crippen molar-refractivity contribution >= 4 is 27.7 Å². The smallest absolute Gasteiger partial charge is 0.426 e. The summed E-state index contributed by atoms with van der Waals surface area (Å²) in [4.78, 5) is 11.6. The summed E-state index contributed by atoms with van der Waals surface area (Å²) in [7, 11) is 1.87. The molecule has 118 valence electrons. The molecule has 0 atom stereocenters. The Morgan fingerprint density at radius 2 is 2.09 bits per heavy atom. The molecule has 0 aliphatic rings. The van der Waals surface area contributed by atoms with Gasteiger partial charge in [0.25, 0.3) is 0 Å². The van der Waals surface area contributed by atoms with E-state index in [1.54, 1.807) is 10.9 Å². The molecule has 0 radical (unpaired) electrons. The van der Waals surface area contributed by atoms with E-state index in [1.165, 1.54) is 0 Å². The Labute approximate surface area is 137 Å². The molecule has 2 N–H and O–H groups in total. The highest BCUT2D eigenvalue weighted by Gasteiger charge is 2.16. The van der Waals surface area contributed by atoms with E-state index in [9.17, 15) is 4.79 Å². The Kier molecular flexibility index (Phi) is 4.75. The lowest BCUT2D eigenvalue weighted by atomic mass is 10.1. The number of hydrogen-bond acceptors (Lipinski definition) is 4. The van der Waals surface area contributed by atoms with Gasteiger partial charge in [0.05, 0.1) is 22.1 Å². The molecule has 0 bridgehead atoms. The van der Waals surface area contributed by atoms with Gasteiger partial charge in [0.15, 0.2) is 0 Å². The molecule has 1 aromatic heterocycles. The highest BCUT2D eigenvalue weighted by atomic mass is 79.9. The number of hydrazine groups is 1. The first-order valence-corrected chi connectivity index (χ1v) is 7.58. The summed E-state index contributed by atoms with van der Waals surface area (Å²) in [5.41, 5.74) is 7.50. The predicted molar refractivity (Wildman–Crippen MR) is 89.3 cm³/mol. The van der Waals surface area contributed by atoms with Crippen LogP contribution in [0.25, 0.3) is 11.3 Å². The van der Waals surface area contributed by atoms with Crippen molar-refractivity contribution in [2.45, 2.75) is 26.4 Å². The third-order valence-electron chi connectivity index (χ3n) is 2.74. The van der Waals surface area contributed by atoms with Crippen molar-refractivity contribution in [2.75, 3.05) is 5.43 Å². The monoisotopic (exact) mass is 366 g/mol. The lowest BCUT2D eigenvalue weighted by Gasteiger charge is -2.20. The quantitative estimate of drug-likeness (QED) is 0.812. The molecule has 0 saturated heterocycles. The number of carbonyl (C=O) groups excluding carboxylic acids is 1. The first-order chi connectivity index (χ1) is 10.3. The Hall–Kier alpha value is -2.02. The second-order valence-corrected chi connectivity index (χ2v) is 6.65. The molecule has 1 heterocycles. The van der Waals surface area contributed by atoms with Gasteiger partial charge in [-0.3, -0.25) is 10.1 Å². The topological polar surface area (TPSA) is 68.2 Å². The second-order valence-electron chi connectivity index (χ2n) is 5.80. The maximum atomic E-state index is 11.6. The number of benzene rings is 1. The van der Waals surface area contributed by atoms with Gasteiger partial charge >= 0.3 is 6.09 Å². The lowest BCUT2D eigenvalue weighted by molar-refractivity contribution is 0.0541. The van der Waals surface area contributed by atoms with Crippen LogP contribution in [0.3, 0.4) is 0 Å². The fourth-order valence-corrected chi connectivity index (χ4v) is 2.48. The van der Waals surface area contributed by atoms with Crippen molar-refractivity contribution in [1.29, 1.82) is 0 Å². The van der Waals surface area contributed by atoms with E-state index in [0.29, 0.717) is 0 Å². The Morgan fingerprint density at radius 3 is 2.68 bits per heavy atom. The van der Waals surface area contributed by atoms with Gasteiger partial charge in [-0.1, -0.05) is 12.1 Å². The molecule has 7 heteroatoms. The molecule has 6 nitrogen and oxygen atoms in total. The molecular weight excluding hydrogens is 348 g/mol. The molecule has 2 rings (SSSR count). The van der Waals surface area contributed by atoms with E-state index in [1.807, 2.05) is 52.1 Å². The molecule has 1 aromatic carbocycles. The molecule has 0 saturated carbocycles. The van der Waals surface area contributed by atoms with Gasteiger partial charge in [-0.05, 0) is 48.8 Å². The number of anilines is 1. The molecular formula is C15H19BrN4O2. The highest BCUT2D eigenvalue weighted by Crippen LogP contribution is 2.28. The third kappa shape index (κ3) is 4.24. The van der Waals surface area contributed by atoms with Crippen molar-refractivity contribution in [3.8, 4) is 11.3 Å². The van der Waals surface area contributed by atoms with Gasteiger partial charge in [0, 0.05) is 12.6 Å². The highest BCUT2D eigenvalue weighted by molar-refractivity contribution is 9.10. The van der Waals surface area contributed by atoms with E-state index >= 15 is 0 Å². The summed E-state index contributed by atoms with van der Waals surface area (Å²) >= 11 is 3.48. The molecule has 2 aromatic rings. The SMILES string of the molecule is Cn1ncc(Br)c1-c1cccc(NNC(=O)OC(C)(C)C)c1. The van der Waals surface area contributed by atoms with Crippen LogP contribution in [0.4, 0.5) is 10.5 Å². The van der Waals surface area contributed by atoms with Crippen LogP contribution in [0.1, 0.15) is 20.8 Å². The number of nitrogens with zero attached hydrogens (tertiary/aromatic N) is 2. The fourth-order valence-electron chi connectivity index (χ4n) is 1.91. The second kappa shape index (κ2) is 6.39. The van der Waals surface area contributed by atoms with Crippen LogP contribution in [0.15, 0.2) is 34.9 Å². The average molecular weight is 367 g/mol. The number of ether oxygens (including phenoxy) is 1. The number of nitrogens with one attached hydrogen (secondary N) is 2. The van der Waals surface area contributed by atoms with Crippen LogP contribution in [0, 0.1) is 0 Å². The average Bonchev–Trinajstić information content (AvgIpc) is 2.74. The fraction of sp³-hybridized carbons (Fsp3) is 0.333. The Bertz CT molecular complexity index is 657. The number of aromatic nitrogens is 2. The van der Waals surface area contributed by atoms with E-state index in [0.717, 1.165) is 21.4 Å². The van der Waals surface area contributed by atoms with E-state index in [2.05, 4.69) is 31.9 Å². The first kappa shape index (κ1) is 16.4. The lowest BCUT2D eigenvalue weighted by Crippen LogP contribution is -2.35. The van der Waals surface area contributed by atoms with Crippen LogP contribution in [-0.4, -0.2) is 21.5 Å². The zero-order chi connectivity index (χ0) is 16.3. The largest absolute Gasteiger partial charge is 0.443 e. The van der Waals surface area contributed by atoms with Crippen molar-refractivity contribution < 1.29 is 9.53 Å². The van der Waals surface area contributed by atoms with Crippen LogP contribution < -0.4 is 10.9 Å². The summed E-state index contributed by atoms with van der Waals surface area (Å²) < 4.78 is 7.86. The van der Waals surface area contributed by atoms with E-state index in [-0.39, 0.29) is 0 Å². The Morgan fingerprint density at radius 1 is 1.36 bits per heavy atom. The normalized spacial score (nSPS) is 11.1. The van der Waals surface area contributed by atoms with Crippen LogP contribution in [0.5, 0.6) is 0 Å². The maximum Gasteiger partial charge on any atom is 0.426 e. The Balaban J connectivity index is 2.08. The molecule has 0 unspecified atom stereocenters. The van der Waals surface area contributed by atoms with Crippen LogP contribution in [-0.2, 0) is 11.8 Å². The summed E-state index contributed by atoms with van der Waals surface area (Å²) in [6, 6.07) is 7.64. The first-order valence-electron chi connectivity index (χ1n) is 6.79. The molecule has 1 amide bonds. The summed E-state index contributed by atoms with van der Waals surface area (Å²) in [5.74, 6) is 0. The molecule has 0 spiro atoms. The number of aryl methyl sites for hydroxylation is 1. The number of amides is 1. The van der Waals surface area contributed by atoms with Crippen molar-refractivity contribution in [3.63, 3.8) is 0 Å². The van der Waals surface area contributed by atoms with E-state index in [4.69, 9.17) is 4.74 Å². The molecule has 22 heavy (non-hydrogen) atoms. The summed E-state index contributed by atoms with van der Waals surface area (Å²) in [6.45, 7) is 5.44. The van der Waals surface area contributed by atoms with Crippen LogP contribution in [0.2, 0.25) is 0 Å². The maximum absolute atomic E-state index is 11.6. The van der Waals surface area contributed by atoms with Crippen molar-refractivity contribution in [1.82, 2.24) is 15.2 Å². The minimum atomic E-state index is -0.535. The van der Waals surface area contributed by atoms with Gasteiger partial charge in [0.2, 0.25) is 0 Å². The van der Waals surface area contributed by atoms with Gasteiger partial charge in [-0.15, -0.1) is 0 Å². The zero-order valence-corrected chi connectivity index (χ0v) is 14.6. The predicted octanol–water partition coefficient (Wildman–Crippen LogP) is 3.70. The van der Waals surface area contributed by atoms with Gasteiger partial charge in [-0.2, -0.15) is 5.10 Å². The zero-order valence-electron chi connectivity index (χ0n) is 13.0. The number of carbonyl (C=O) groups is 1. The van der Waals surface area contributed by atoms with Crippen molar-refractivity contribution in [2.24, 2.45) is 7.05 Å². The molecule has 0 fully saturated rings. The third-order valence-corrected chi connectivity index (χ3v) is 3.32. The van der Waals surface area contributed by atoms with Gasteiger partial charge in [-0.25, -0.2) is 10.2 Å². The number of halogens is 1. The summed E-state index contributed by atoms with van der Waals surface area (Å²) in [5, 5.41) is 4.20. The minimum absolute atomic E-state index is 0.528. The van der Waals surface area contributed by atoms with Gasteiger partial charge < -0.3 is 4.74 Å². The standard InChI is InChI=1S/C15H19BrN4O2/c1-15(2,3)22-14(21)19-18-11-7-5-6-10(8-11)13-12(16)9-17-20(13)4/h5-9,18H,1-4H3,(H,19,21). The van der Waals surface area contributed by atoms with Crippen molar-refractivity contribution in [3.05, 3.63) is 34.9 Å². The number of rotatable bonds is 3. The summed E-state index contributed by atoms with van der Waals surface area (Å²) in [6.07, 6.45) is 1.22. The van der Waals surface area contributed by atoms with E-state index < -0.39 is 11.7 Å². The molecule has 0 aliphatic heterocycles. The number of hydrogen-bond donors (Lipinski definition) is 2. The molecule has 0 aliphatic carbocycles. The van der Waals surface area contributed by atoms with Crippen LogP contribution >= 0.6 is 15.9 Å².